The van der Waals surface area contributed by atoms with Crippen LogP contribution in [0, 0.1) is 6.92 Å². The molecule has 0 unspecified atom stereocenters. The first-order valence-corrected chi connectivity index (χ1v) is 8.71. The van der Waals surface area contributed by atoms with Crippen LogP contribution in [0.4, 0.5) is 0 Å². The second-order valence-corrected chi connectivity index (χ2v) is 7.38. The number of para-hydroxylation sites is 2. The Morgan fingerprint density at radius 3 is 2.64 bits per heavy atom. The summed E-state index contributed by atoms with van der Waals surface area (Å²) in [7, 11) is -2.37. The molecule has 0 saturated heterocycles. The molecule has 0 amide bonds. The highest BCUT2D eigenvalue weighted by molar-refractivity contribution is 9.10. The molecule has 0 spiro atoms. The molecule has 0 aliphatic rings. The number of ether oxygens (including phenoxy) is 1. The van der Waals surface area contributed by atoms with Gasteiger partial charge in [-0.3, -0.25) is 0 Å². The van der Waals surface area contributed by atoms with E-state index in [1.165, 1.54) is 17.1 Å². The monoisotopic (exact) mass is 380 g/mol. The van der Waals surface area contributed by atoms with Crippen molar-refractivity contribution < 1.29 is 13.2 Å². The van der Waals surface area contributed by atoms with Gasteiger partial charge in [0.25, 0.3) is 10.0 Å². The summed E-state index contributed by atoms with van der Waals surface area (Å²) in [5.74, 6) is 0.698. The minimum absolute atomic E-state index is 0.0932. The summed E-state index contributed by atoms with van der Waals surface area (Å²) in [6.45, 7) is 1.67. The summed E-state index contributed by atoms with van der Waals surface area (Å²) in [6, 6.07) is 12.0. The van der Waals surface area contributed by atoms with E-state index in [9.17, 15) is 8.42 Å². The van der Waals surface area contributed by atoms with Gasteiger partial charge in [-0.25, -0.2) is 17.4 Å². The third-order valence-electron chi connectivity index (χ3n) is 3.32. The van der Waals surface area contributed by atoms with Crippen LogP contribution in [0.15, 0.2) is 51.8 Å². The summed E-state index contributed by atoms with van der Waals surface area (Å²) in [6.07, 6.45) is 0. The molecule has 3 rings (SSSR count). The third kappa shape index (κ3) is 2.30. The van der Waals surface area contributed by atoms with Crippen LogP contribution < -0.4 is 4.74 Å². The van der Waals surface area contributed by atoms with Crippen molar-refractivity contribution in [3.05, 3.63) is 52.8 Å². The molecule has 0 aliphatic heterocycles. The molecule has 1 heterocycles. The Labute approximate surface area is 136 Å². The summed E-state index contributed by atoms with van der Waals surface area (Å²) in [5, 5.41) is 0. The van der Waals surface area contributed by atoms with E-state index < -0.39 is 10.0 Å². The normalized spacial score (nSPS) is 11.8. The van der Waals surface area contributed by atoms with Crippen LogP contribution in [0.2, 0.25) is 0 Å². The summed E-state index contributed by atoms with van der Waals surface area (Å²) < 4.78 is 33.3. The molecule has 0 N–H and O–H groups in total. The first kappa shape index (κ1) is 15.1. The zero-order chi connectivity index (χ0) is 15.9. The van der Waals surface area contributed by atoms with E-state index in [0.717, 1.165) is 0 Å². The topological polar surface area (TPSA) is 61.2 Å². The summed E-state index contributed by atoms with van der Waals surface area (Å²) >= 11 is 3.30. The van der Waals surface area contributed by atoms with Crippen molar-refractivity contribution in [3.63, 3.8) is 0 Å². The minimum Gasteiger partial charge on any atom is -0.495 e. The van der Waals surface area contributed by atoms with E-state index in [2.05, 4.69) is 20.9 Å². The van der Waals surface area contributed by atoms with Crippen LogP contribution in [-0.4, -0.2) is 24.5 Å². The van der Waals surface area contributed by atoms with Gasteiger partial charge in [0.15, 0.2) is 0 Å². The number of benzene rings is 2. The van der Waals surface area contributed by atoms with Gasteiger partial charge in [0.2, 0.25) is 0 Å². The summed E-state index contributed by atoms with van der Waals surface area (Å²) in [4.78, 5) is 4.41. The van der Waals surface area contributed by atoms with E-state index in [-0.39, 0.29) is 4.90 Å². The van der Waals surface area contributed by atoms with Gasteiger partial charge in [-0.05, 0) is 37.3 Å². The summed E-state index contributed by atoms with van der Waals surface area (Å²) in [5.41, 5.74) is 1.18. The average Bonchev–Trinajstić information content (AvgIpc) is 2.83. The van der Waals surface area contributed by atoms with E-state index in [1.54, 1.807) is 37.3 Å². The van der Waals surface area contributed by atoms with E-state index in [4.69, 9.17) is 4.74 Å². The molecule has 0 atom stereocenters. The molecule has 2 aromatic carbocycles. The lowest BCUT2D eigenvalue weighted by Gasteiger charge is -2.12. The van der Waals surface area contributed by atoms with E-state index in [0.29, 0.717) is 27.1 Å². The number of halogens is 1. The number of aromatic nitrogens is 2. The number of hydrogen-bond donors (Lipinski definition) is 0. The Morgan fingerprint density at radius 2 is 1.91 bits per heavy atom. The van der Waals surface area contributed by atoms with Crippen molar-refractivity contribution in [3.8, 4) is 5.75 Å². The number of methoxy groups -OCH3 is 1. The molecule has 0 saturated carbocycles. The molecule has 114 valence electrons. The van der Waals surface area contributed by atoms with Gasteiger partial charge in [0, 0.05) is 4.47 Å². The van der Waals surface area contributed by atoms with Crippen LogP contribution in [0.25, 0.3) is 11.0 Å². The predicted octanol–water partition coefficient (Wildman–Crippen LogP) is 3.35. The number of aryl methyl sites for hydroxylation is 1. The zero-order valence-electron chi connectivity index (χ0n) is 11.9. The number of hydrogen-bond acceptors (Lipinski definition) is 4. The maximum absolute atomic E-state index is 13.1. The second kappa shape index (κ2) is 5.40. The maximum atomic E-state index is 13.1. The number of nitrogens with zero attached hydrogens (tertiary/aromatic N) is 2. The molecule has 0 radical (unpaired) electrons. The third-order valence-corrected chi connectivity index (χ3v) is 5.63. The Hall–Kier alpha value is -1.86. The quantitative estimate of drug-likeness (QED) is 0.698. The van der Waals surface area contributed by atoms with E-state index in [1.807, 2.05) is 6.07 Å². The van der Waals surface area contributed by atoms with Crippen LogP contribution in [0.3, 0.4) is 0 Å². The predicted molar refractivity (Wildman–Crippen MR) is 87.7 cm³/mol. The molecule has 3 aromatic rings. The SMILES string of the molecule is COc1ccc(Br)cc1S(=O)(=O)n1c(C)nc2ccccc21. The molecular weight excluding hydrogens is 368 g/mol. The van der Waals surface area contributed by atoms with Gasteiger partial charge in [-0.1, -0.05) is 28.1 Å². The Morgan fingerprint density at radius 1 is 1.18 bits per heavy atom. The Kier molecular flexibility index (Phi) is 3.70. The highest BCUT2D eigenvalue weighted by Gasteiger charge is 2.26. The molecule has 1 aromatic heterocycles. The van der Waals surface area contributed by atoms with Crippen LogP contribution in [-0.2, 0) is 10.0 Å². The fraction of sp³-hybridized carbons (Fsp3) is 0.133. The van der Waals surface area contributed by atoms with Gasteiger partial charge in [0.05, 0.1) is 18.1 Å². The largest absolute Gasteiger partial charge is 0.495 e. The average molecular weight is 381 g/mol. The lowest BCUT2D eigenvalue weighted by molar-refractivity contribution is 0.402. The number of rotatable bonds is 3. The highest BCUT2D eigenvalue weighted by Crippen LogP contribution is 2.31. The number of fused-ring (bicyclic) bond motifs is 1. The van der Waals surface area contributed by atoms with Gasteiger partial charge < -0.3 is 4.74 Å². The fourth-order valence-electron chi connectivity index (χ4n) is 2.38. The molecule has 7 heteroatoms. The van der Waals surface area contributed by atoms with Crippen molar-refractivity contribution in [1.29, 1.82) is 0 Å². The van der Waals surface area contributed by atoms with Crippen molar-refractivity contribution >= 4 is 37.0 Å². The van der Waals surface area contributed by atoms with Crippen molar-refractivity contribution in [2.75, 3.05) is 7.11 Å². The minimum atomic E-state index is -3.82. The Bertz CT molecular complexity index is 964. The van der Waals surface area contributed by atoms with Gasteiger partial charge >= 0.3 is 0 Å². The number of imidazole rings is 1. The molecule has 22 heavy (non-hydrogen) atoms. The van der Waals surface area contributed by atoms with Gasteiger partial charge in [-0.15, -0.1) is 0 Å². The van der Waals surface area contributed by atoms with Gasteiger partial charge in [0.1, 0.15) is 16.5 Å². The standard InChI is InChI=1S/C15H13BrN2O3S/c1-10-17-12-5-3-4-6-13(12)18(10)22(19,20)15-9-11(16)7-8-14(15)21-2/h3-9H,1-2H3. The van der Waals surface area contributed by atoms with Crippen molar-refractivity contribution in [2.45, 2.75) is 11.8 Å². The van der Waals surface area contributed by atoms with E-state index >= 15 is 0 Å². The Balaban J connectivity index is 2.34. The van der Waals surface area contributed by atoms with Crippen LogP contribution >= 0.6 is 15.9 Å². The molecule has 0 aliphatic carbocycles. The molecule has 0 bridgehead atoms. The molecule has 0 fully saturated rings. The van der Waals surface area contributed by atoms with Crippen molar-refractivity contribution in [1.82, 2.24) is 8.96 Å². The molecule has 5 nitrogen and oxygen atoms in total. The van der Waals surface area contributed by atoms with Crippen LogP contribution in [0.5, 0.6) is 5.75 Å². The van der Waals surface area contributed by atoms with Crippen LogP contribution in [0.1, 0.15) is 5.82 Å². The highest BCUT2D eigenvalue weighted by atomic mass is 79.9. The molecular formula is C15H13BrN2O3S. The lowest BCUT2D eigenvalue weighted by Crippen LogP contribution is -2.15. The second-order valence-electron chi connectivity index (χ2n) is 4.71. The maximum Gasteiger partial charge on any atom is 0.273 e. The fourth-order valence-corrected chi connectivity index (χ4v) is 4.57. The first-order chi connectivity index (χ1) is 10.4. The van der Waals surface area contributed by atoms with Gasteiger partial charge in [-0.2, -0.15) is 0 Å². The smallest absolute Gasteiger partial charge is 0.273 e. The zero-order valence-corrected chi connectivity index (χ0v) is 14.3. The lowest BCUT2D eigenvalue weighted by atomic mass is 10.3. The first-order valence-electron chi connectivity index (χ1n) is 6.48. The van der Waals surface area contributed by atoms with Crippen molar-refractivity contribution in [2.24, 2.45) is 0 Å².